The Bertz CT molecular complexity index is 411. The Labute approximate surface area is 103 Å². The van der Waals surface area contributed by atoms with E-state index in [1.807, 2.05) is 0 Å². The van der Waals surface area contributed by atoms with Crippen molar-refractivity contribution in [3.63, 3.8) is 0 Å². The van der Waals surface area contributed by atoms with Crippen LogP contribution in [-0.4, -0.2) is 29.0 Å². The van der Waals surface area contributed by atoms with Gasteiger partial charge in [0.1, 0.15) is 11.9 Å². The second kappa shape index (κ2) is 4.53. The van der Waals surface area contributed by atoms with Crippen LogP contribution in [0, 0.1) is 0 Å². The maximum absolute atomic E-state index is 4.62. The fraction of sp³-hybridized carbons (Fsp3) is 0.615. The highest BCUT2D eigenvalue weighted by atomic mass is 15.2. The van der Waals surface area contributed by atoms with Crippen molar-refractivity contribution >= 4 is 5.84 Å². The molecule has 2 heterocycles. The van der Waals surface area contributed by atoms with E-state index < -0.39 is 0 Å². The molecule has 1 unspecified atom stereocenters. The van der Waals surface area contributed by atoms with Gasteiger partial charge in [0.2, 0.25) is 0 Å². The predicted molar refractivity (Wildman–Crippen MR) is 71.3 cm³/mol. The van der Waals surface area contributed by atoms with Gasteiger partial charge < -0.3 is 15.2 Å². The van der Waals surface area contributed by atoms with Crippen LogP contribution in [0.2, 0.25) is 0 Å². The molecule has 1 aliphatic rings. The SMILES string of the molecule is Cn1cccc1C1NCCN=C1NC(C)(C)C. The number of rotatable bonds is 1. The van der Waals surface area contributed by atoms with Crippen LogP contribution in [0.3, 0.4) is 0 Å². The van der Waals surface area contributed by atoms with Crippen molar-refractivity contribution in [1.29, 1.82) is 0 Å². The molecule has 0 saturated carbocycles. The van der Waals surface area contributed by atoms with Crippen LogP contribution in [0.1, 0.15) is 32.5 Å². The predicted octanol–water partition coefficient (Wildman–Crippen LogP) is 1.46. The number of hydrogen-bond donors (Lipinski definition) is 2. The zero-order chi connectivity index (χ0) is 12.5. The summed E-state index contributed by atoms with van der Waals surface area (Å²) in [6.07, 6.45) is 2.07. The molecule has 0 fully saturated rings. The van der Waals surface area contributed by atoms with Crippen LogP contribution in [-0.2, 0) is 7.05 Å². The van der Waals surface area contributed by atoms with Gasteiger partial charge in [0.05, 0.1) is 6.54 Å². The molecule has 0 amide bonds. The molecular formula is C13H22N4. The lowest BCUT2D eigenvalue weighted by Crippen LogP contribution is -2.49. The van der Waals surface area contributed by atoms with Gasteiger partial charge >= 0.3 is 0 Å². The molecule has 17 heavy (non-hydrogen) atoms. The van der Waals surface area contributed by atoms with Gasteiger partial charge in [-0.1, -0.05) is 0 Å². The monoisotopic (exact) mass is 234 g/mol. The highest BCUT2D eigenvalue weighted by Gasteiger charge is 2.25. The zero-order valence-electron chi connectivity index (χ0n) is 11.1. The number of hydrogen-bond acceptors (Lipinski definition) is 3. The van der Waals surface area contributed by atoms with E-state index in [2.05, 4.69) is 66.3 Å². The molecule has 2 N–H and O–H groups in total. The molecule has 0 bridgehead atoms. The zero-order valence-corrected chi connectivity index (χ0v) is 11.1. The molecule has 4 heteroatoms. The third kappa shape index (κ3) is 2.88. The number of aryl methyl sites for hydroxylation is 1. The Kier molecular flexibility index (Phi) is 3.24. The van der Waals surface area contributed by atoms with E-state index in [-0.39, 0.29) is 11.6 Å². The van der Waals surface area contributed by atoms with Crippen molar-refractivity contribution < 1.29 is 0 Å². The lowest BCUT2D eigenvalue weighted by molar-refractivity contribution is 0.479. The first-order valence-electron chi connectivity index (χ1n) is 6.14. The van der Waals surface area contributed by atoms with Crippen molar-refractivity contribution in [2.75, 3.05) is 13.1 Å². The van der Waals surface area contributed by atoms with Gasteiger partial charge in [0, 0.05) is 31.0 Å². The number of aromatic nitrogens is 1. The van der Waals surface area contributed by atoms with E-state index >= 15 is 0 Å². The Balaban J connectivity index is 2.24. The molecule has 0 aliphatic carbocycles. The van der Waals surface area contributed by atoms with E-state index in [0.29, 0.717) is 0 Å². The minimum Gasteiger partial charge on any atom is -0.368 e. The first-order chi connectivity index (χ1) is 7.97. The van der Waals surface area contributed by atoms with Crippen molar-refractivity contribution in [1.82, 2.24) is 15.2 Å². The Morgan fingerprint density at radius 1 is 1.47 bits per heavy atom. The highest BCUT2D eigenvalue weighted by Crippen LogP contribution is 2.17. The molecule has 0 saturated heterocycles. The summed E-state index contributed by atoms with van der Waals surface area (Å²) < 4.78 is 2.14. The normalized spacial score (nSPS) is 21.2. The third-order valence-electron chi connectivity index (χ3n) is 2.80. The fourth-order valence-corrected chi connectivity index (χ4v) is 2.09. The van der Waals surface area contributed by atoms with Crippen LogP contribution in [0.15, 0.2) is 23.3 Å². The molecule has 4 nitrogen and oxygen atoms in total. The van der Waals surface area contributed by atoms with E-state index in [1.54, 1.807) is 0 Å². The maximum atomic E-state index is 4.62. The van der Waals surface area contributed by atoms with E-state index in [0.717, 1.165) is 18.9 Å². The van der Waals surface area contributed by atoms with Crippen molar-refractivity contribution in [2.24, 2.45) is 12.0 Å². The second-order valence-electron chi connectivity index (χ2n) is 5.57. The Morgan fingerprint density at radius 2 is 2.24 bits per heavy atom. The van der Waals surface area contributed by atoms with E-state index in [9.17, 15) is 0 Å². The second-order valence-corrected chi connectivity index (χ2v) is 5.57. The molecule has 1 aliphatic heterocycles. The number of nitrogens with one attached hydrogen (secondary N) is 2. The number of aliphatic imine (C=N–C) groups is 1. The molecule has 94 valence electrons. The van der Waals surface area contributed by atoms with Gasteiger partial charge in [-0.05, 0) is 32.9 Å². The topological polar surface area (TPSA) is 41.4 Å². The summed E-state index contributed by atoms with van der Waals surface area (Å²) in [7, 11) is 2.07. The van der Waals surface area contributed by atoms with Crippen LogP contribution >= 0.6 is 0 Å². The average Bonchev–Trinajstić information content (AvgIpc) is 2.63. The standard InChI is InChI=1S/C13H22N4/c1-13(2,3)16-12-11(14-7-8-15-12)10-6-5-9-17(10)4/h5-6,9,11,14H,7-8H2,1-4H3,(H,15,16). The summed E-state index contributed by atoms with van der Waals surface area (Å²) in [6, 6.07) is 4.39. The third-order valence-corrected chi connectivity index (χ3v) is 2.80. The summed E-state index contributed by atoms with van der Waals surface area (Å²) in [5.41, 5.74) is 1.29. The average molecular weight is 234 g/mol. The molecule has 1 aromatic heterocycles. The van der Waals surface area contributed by atoms with Crippen LogP contribution in [0.4, 0.5) is 0 Å². The van der Waals surface area contributed by atoms with Crippen molar-refractivity contribution in [3.05, 3.63) is 24.0 Å². The Morgan fingerprint density at radius 3 is 2.82 bits per heavy atom. The first kappa shape index (κ1) is 12.2. The molecule has 1 aromatic rings. The summed E-state index contributed by atoms with van der Waals surface area (Å²) in [4.78, 5) is 4.62. The maximum Gasteiger partial charge on any atom is 0.120 e. The van der Waals surface area contributed by atoms with Gasteiger partial charge in [-0.3, -0.25) is 4.99 Å². The van der Waals surface area contributed by atoms with Crippen LogP contribution in [0.25, 0.3) is 0 Å². The molecule has 2 rings (SSSR count). The first-order valence-corrected chi connectivity index (χ1v) is 6.14. The smallest absolute Gasteiger partial charge is 0.120 e. The summed E-state index contributed by atoms with van der Waals surface area (Å²) >= 11 is 0. The molecule has 0 aromatic carbocycles. The largest absolute Gasteiger partial charge is 0.368 e. The van der Waals surface area contributed by atoms with E-state index in [1.165, 1.54) is 5.69 Å². The van der Waals surface area contributed by atoms with Gasteiger partial charge in [-0.25, -0.2) is 0 Å². The molecule has 0 radical (unpaired) electrons. The van der Waals surface area contributed by atoms with E-state index in [4.69, 9.17) is 0 Å². The van der Waals surface area contributed by atoms with Crippen molar-refractivity contribution in [3.8, 4) is 0 Å². The van der Waals surface area contributed by atoms with Crippen molar-refractivity contribution in [2.45, 2.75) is 32.4 Å². The minimum absolute atomic E-state index is 0.0429. The van der Waals surface area contributed by atoms with Crippen LogP contribution < -0.4 is 10.6 Å². The summed E-state index contributed by atoms with van der Waals surface area (Å²) in [5, 5.41) is 7.02. The number of amidine groups is 1. The molecular weight excluding hydrogens is 212 g/mol. The van der Waals surface area contributed by atoms with Gasteiger partial charge in [0.15, 0.2) is 0 Å². The van der Waals surface area contributed by atoms with Gasteiger partial charge in [-0.15, -0.1) is 0 Å². The highest BCUT2D eigenvalue weighted by molar-refractivity contribution is 5.89. The lowest BCUT2D eigenvalue weighted by atomic mass is 10.1. The minimum atomic E-state index is 0.0429. The molecule has 0 spiro atoms. The number of nitrogens with zero attached hydrogens (tertiary/aromatic N) is 2. The molecule has 1 atom stereocenters. The lowest BCUT2D eigenvalue weighted by Gasteiger charge is -2.31. The van der Waals surface area contributed by atoms with Gasteiger partial charge in [0.25, 0.3) is 0 Å². The summed E-state index contributed by atoms with van der Waals surface area (Å²) in [5.74, 6) is 1.05. The quantitative estimate of drug-likeness (QED) is 0.772. The Hall–Kier alpha value is -1.29. The van der Waals surface area contributed by atoms with Gasteiger partial charge in [-0.2, -0.15) is 0 Å². The fourth-order valence-electron chi connectivity index (χ4n) is 2.09. The van der Waals surface area contributed by atoms with Crippen LogP contribution in [0.5, 0.6) is 0 Å². The summed E-state index contributed by atoms with van der Waals surface area (Å²) in [6.45, 7) is 8.26.